The number of Topliss-reactive ketones (excluding diaryl/α,β-unsaturated/α-hetero) is 1. The Hall–Kier alpha value is -2.76. The van der Waals surface area contributed by atoms with Gasteiger partial charge in [-0.25, -0.2) is 9.97 Å². The molecule has 0 atom stereocenters. The van der Waals surface area contributed by atoms with Gasteiger partial charge in [0.2, 0.25) is 0 Å². The molecule has 6 heteroatoms. The van der Waals surface area contributed by atoms with E-state index in [0.717, 1.165) is 55.1 Å². The highest BCUT2D eigenvalue weighted by Gasteiger charge is 2.15. The number of piperazine rings is 1. The number of aryl methyl sites for hydroxylation is 1. The Morgan fingerprint density at radius 2 is 1.72 bits per heavy atom. The third-order valence-corrected chi connectivity index (χ3v) is 6.40. The fourth-order valence-electron chi connectivity index (χ4n) is 4.13. The summed E-state index contributed by atoms with van der Waals surface area (Å²) in [5.41, 5.74) is 6.08. The topological polar surface area (TPSA) is 49.3 Å². The highest BCUT2D eigenvalue weighted by Crippen LogP contribution is 2.22. The lowest BCUT2D eigenvalue weighted by Crippen LogP contribution is -2.44. The van der Waals surface area contributed by atoms with Gasteiger partial charge in [0.25, 0.3) is 0 Å². The summed E-state index contributed by atoms with van der Waals surface area (Å²) in [7, 11) is 2.17. The lowest BCUT2D eigenvalue weighted by Gasteiger charge is -2.34. The number of carbonyl (C=O) groups is 1. The summed E-state index contributed by atoms with van der Waals surface area (Å²) >= 11 is 6.28. The monoisotopic (exact) mass is 448 g/mol. The molecule has 2 aromatic carbocycles. The van der Waals surface area contributed by atoms with Crippen LogP contribution in [0, 0.1) is 6.92 Å². The molecular formula is C26H29ClN4O. The Kier molecular flexibility index (Phi) is 7.18. The van der Waals surface area contributed by atoms with Gasteiger partial charge in [-0.3, -0.25) is 4.79 Å². The number of rotatable bonds is 7. The Labute approximate surface area is 195 Å². The van der Waals surface area contributed by atoms with Crippen LogP contribution >= 0.6 is 11.6 Å². The van der Waals surface area contributed by atoms with Crippen LogP contribution in [-0.4, -0.2) is 53.9 Å². The van der Waals surface area contributed by atoms with Crippen molar-refractivity contribution in [3.8, 4) is 0 Å². The molecule has 0 amide bonds. The van der Waals surface area contributed by atoms with Crippen LogP contribution in [0.1, 0.15) is 28.1 Å². The predicted molar refractivity (Wildman–Crippen MR) is 130 cm³/mol. The summed E-state index contributed by atoms with van der Waals surface area (Å²) in [5.74, 6) is 0.0999. The molecule has 1 saturated heterocycles. The minimum Gasteiger partial charge on any atom is -0.369 e. The van der Waals surface area contributed by atoms with Crippen LogP contribution in [0.4, 0.5) is 5.69 Å². The molecule has 2 heterocycles. The molecular weight excluding hydrogens is 420 g/mol. The molecule has 5 nitrogen and oxygen atoms in total. The molecule has 0 radical (unpaired) electrons. The second kappa shape index (κ2) is 10.2. The zero-order chi connectivity index (χ0) is 22.5. The van der Waals surface area contributed by atoms with Crippen LogP contribution in [0.15, 0.2) is 54.9 Å². The summed E-state index contributed by atoms with van der Waals surface area (Å²) in [6, 6.07) is 16.3. The smallest absolute Gasteiger partial charge is 0.143 e. The number of aromatic nitrogens is 2. The first-order valence-electron chi connectivity index (χ1n) is 11.1. The zero-order valence-corrected chi connectivity index (χ0v) is 19.5. The van der Waals surface area contributed by atoms with Crippen molar-refractivity contribution in [3.63, 3.8) is 0 Å². The number of benzene rings is 2. The highest BCUT2D eigenvalue weighted by molar-refractivity contribution is 6.31. The van der Waals surface area contributed by atoms with Gasteiger partial charge in [0, 0.05) is 61.8 Å². The quantitative estimate of drug-likeness (QED) is 0.543. The Morgan fingerprint density at radius 1 is 0.969 bits per heavy atom. The number of anilines is 1. The molecule has 0 saturated carbocycles. The average molecular weight is 449 g/mol. The minimum atomic E-state index is 0.0999. The molecule has 0 spiro atoms. The molecule has 3 aromatic rings. The van der Waals surface area contributed by atoms with Gasteiger partial charge in [-0.2, -0.15) is 0 Å². The first-order chi connectivity index (χ1) is 15.5. The number of nitrogens with zero attached hydrogens (tertiary/aromatic N) is 4. The van der Waals surface area contributed by atoms with Crippen LogP contribution in [0.3, 0.4) is 0 Å². The maximum atomic E-state index is 12.7. The van der Waals surface area contributed by atoms with Crippen molar-refractivity contribution in [2.45, 2.75) is 26.2 Å². The Morgan fingerprint density at radius 3 is 2.50 bits per heavy atom. The van der Waals surface area contributed by atoms with Gasteiger partial charge in [-0.15, -0.1) is 0 Å². The van der Waals surface area contributed by atoms with E-state index in [1.54, 1.807) is 6.33 Å². The van der Waals surface area contributed by atoms with Crippen LogP contribution in [0.2, 0.25) is 5.02 Å². The van der Waals surface area contributed by atoms with Crippen LogP contribution in [-0.2, 0) is 24.1 Å². The molecule has 1 aliphatic heterocycles. The van der Waals surface area contributed by atoms with E-state index in [9.17, 15) is 4.79 Å². The largest absolute Gasteiger partial charge is 0.369 e. The lowest BCUT2D eigenvalue weighted by atomic mass is 10.0. The average Bonchev–Trinajstić information content (AvgIpc) is 2.77. The van der Waals surface area contributed by atoms with Gasteiger partial charge in [-0.1, -0.05) is 35.9 Å². The Bertz CT molecular complexity index is 1070. The molecule has 0 aliphatic carbocycles. The van der Waals surface area contributed by atoms with Crippen molar-refractivity contribution in [2.75, 3.05) is 38.1 Å². The number of likely N-dealkylation sites (N-methyl/N-ethyl adjacent to an activating group) is 1. The molecule has 0 bridgehead atoms. The van der Waals surface area contributed by atoms with E-state index in [1.807, 2.05) is 31.2 Å². The number of hydrogen-bond acceptors (Lipinski definition) is 5. The van der Waals surface area contributed by atoms with Gasteiger partial charge in [-0.05, 0) is 54.9 Å². The standard InChI is InChI=1S/C26H29ClN4O/c1-19-5-3-8-26(27)25(19)17-24(32)16-22-15-21(28-18-29-22)13-20-6-4-7-23(14-20)31-11-9-30(2)10-12-31/h3-8,14-15,18H,9-13,16-17H2,1-2H3. The van der Waals surface area contributed by atoms with Crippen molar-refractivity contribution in [2.24, 2.45) is 0 Å². The van der Waals surface area contributed by atoms with Gasteiger partial charge in [0.1, 0.15) is 12.1 Å². The van der Waals surface area contributed by atoms with Gasteiger partial charge in [0.05, 0.1) is 5.69 Å². The number of carbonyl (C=O) groups excluding carboxylic acids is 1. The van der Waals surface area contributed by atoms with E-state index in [-0.39, 0.29) is 12.2 Å². The summed E-state index contributed by atoms with van der Waals surface area (Å²) in [6.45, 7) is 6.24. The molecule has 166 valence electrons. The van der Waals surface area contributed by atoms with Gasteiger partial charge in [0.15, 0.2) is 0 Å². The normalized spacial score (nSPS) is 14.5. The first-order valence-corrected chi connectivity index (χ1v) is 11.4. The molecule has 0 N–H and O–H groups in total. The second-order valence-corrected chi connectivity index (χ2v) is 8.97. The van der Waals surface area contributed by atoms with E-state index in [1.165, 1.54) is 11.3 Å². The Balaban J connectivity index is 1.41. The molecule has 1 fully saturated rings. The van der Waals surface area contributed by atoms with E-state index in [4.69, 9.17) is 11.6 Å². The van der Waals surface area contributed by atoms with Crippen LogP contribution < -0.4 is 4.90 Å². The van der Waals surface area contributed by atoms with E-state index < -0.39 is 0 Å². The van der Waals surface area contributed by atoms with E-state index in [0.29, 0.717) is 11.4 Å². The molecule has 32 heavy (non-hydrogen) atoms. The van der Waals surface area contributed by atoms with Crippen molar-refractivity contribution in [3.05, 3.63) is 88.0 Å². The third kappa shape index (κ3) is 5.72. The third-order valence-electron chi connectivity index (χ3n) is 6.05. The summed E-state index contributed by atoms with van der Waals surface area (Å²) < 4.78 is 0. The number of ketones is 1. The zero-order valence-electron chi connectivity index (χ0n) is 18.7. The molecule has 1 aliphatic rings. The molecule has 1 aromatic heterocycles. The highest BCUT2D eigenvalue weighted by atomic mass is 35.5. The number of hydrogen-bond donors (Lipinski definition) is 0. The minimum absolute atomic E-state index is 0.0999. The predicted octanol–water partition coefficient (Wildman–Crippen LogP) is 4.14. The maximum absolute atomic E-state index is 12.7. The first kappa shape index (κ1) is 22.4. The summed E-state index contributed by atoms with van der Waals surface area (Å²) in [4.78, 5) is 26.2. The lowest BCUT2D eigenvalue weighted by molar-refractivity contribution is -0.117. The fraction of sp³-hybridized carbons (Fsp3) is 0.346. The van der Waals surface area contributed by atoms with Crippen molar-refractivity contribution < 1.29 is 4.79 Å². The maximum Gasteiger partial charge on any atom is 0.143 e. The van der Waals surface area contributed by atoms with Crippen LogP contribution in [0.5, 0.6) is 0 Å². The molecule has 4 rings (SSSR count). The summed E-state index contributed by atoms with van der Waals surface area (Å²) in [6.07, 6.45) is 2.87. The van der Waals surface area contributed by atoms with Crippen molar-refractivity contribution >= 4 is 23.1 Å². The SMILES string of the molecule is Cc1cccc(Cl)c1CC(=O)Cc1cc(Cc2cccc(N3CCN(C)CC3)c2)ncn1. The van der Waals surface area contributed by atoms with Crippen LogP contribution in [0.25, 0.3) is 0 Å². The van der Waals surface area contributed by atoms with Crippen molar-refractivity contribution in [1.29, 1.82) is 0 Å². The van der Waals surface area contributed by atoms with Gasteiger partial charge < -0.3 is 9.80 Å². The van der Waals surface area contributed by atoms with Crippen molar-refractivity contribution in [1.82, 2.24) is 14.9 Å². The second-order valence-electron chi connectivity index (χ2n) is 8.57. The summed E-state index contributed by atoms with van der Waals surface area (Å²) in [5, 5.41) is 0.641. The molecule has 0 unspecified atom stereocenters. The number of halogens is 1. The fourth-order valence-corrected chi connectivity index (χ4v) is 4.41. The van der Waals surface area contributed by atoms with Gasteiger partial charge >= 0.3 is 0 Å². The van der Waals surface area contributed by atoms with E-state index >= 15 is 0 Å². The van der Waals surface area contributed by atoms with E-state index in [2.05, 4.69) is 51.1 Å².